The zero-order valence-electron chi connectivity index (χ0n) is 42.3. The van der Waals surface area contributed by atoms with Crippen molar-refractivity contribution in [3.05, 3.63) is 284 Å². The van der Waals surface area contributed by atoms with Crippen LogP contribution < -0.4 is 9.80 Å². The molecule has 76 heavy (non-hydrogen) atoms. The smallest absolute Gasteiger partial charge is 0.0619 e. The van der Waals surface area contributed by atoms with Crippen LogP contribution in [0, 0.1) is 0 Å². The van der Waals surface area contributed by atoms with Gasteiger partial charge < -0.3 is 14.4 Å². The Kier molecular flexibility index (Phi) is 9.92. The molecule has 1 aliphatic rings. The van der Waals surface area contributed by atoms with E-state index in [-0.39, 0.29) is 5.41 Å². The van der Waals surface area contributed by atoms with Gasteiger partial charge in [-0.25, -0.2) is 0 Å². The number of nitrogens with zero attached hydrogens (tertiary/aromatic N) is 3. The molecule has 0 bridgehead atoms. The lowest BCUT2D eigenvalue weighted by molar-refractivity contribution is 0.633. The lowest BCUT2D eigenvalue weighted by Gasteiger charge is -2.42. The van der Waals surface area contributed by atoms with Crippen molar-refractivity contribution in [1.82, 2.24) is 4.57 Å². The molecule has 0 radical (unpaired) electrons. The molecule has 0 aliphatic carbocycles. The Labute approximate surface area is 442 Å². The van der Waals surface area contributed by atoms with Crippen molar-refractivity contribution >= 4 is 99.0 Å². The summed E-state index contributed by atoms with van der Waals surface area (Å²) in [6.45, 7) is 4.82. The summed E-state index contributed by atoms with van der Waals surface area (Å²) in [5.41, 5.74) is 17.5. The van der Waals surface area contributed by atoms with Gasteiger partial charge in [-0.2, -0.15) is 0 Å². The summed E-state index contributed by atoms with van der Waals surface area (Å²) in [5.74, 6) is 0. The van der Waals surface area contributed by atoms with Crippen LogP contribution >= 0.6 is 0 Å². The Balaban J connectivity index is 0.903. The summed E-state index contributed by atoms with van der Waals surface area (Å²) in [7, 11) is 0. The first-order valence-electron chi connectivity index (χ1n) is 26.4. The van der Waals surface area contributed by atoms with Crippen molar-refractivity contribution < 1.29 is 0 Å². The van der Waals surface area contributed by atoms with Crippen LogP contribution in [0.4, 0.5) is 34.1 Å². The third-order valence-corrected chi connectivity index (χ3v) is 16.3. The third-order valence-electron chi connectivity index (χ3n) is 16.3. The van der Waals surface area contributed by atoms with Crippen LogP contribution in [-0.4, -0.2) is 4.57 Å². The highest BCUT2D eigenvalue weighted by atomic mass is 15.2. The number of fused-ring (bicyclic) bond motifs is 10. The molecule has 15 rings (SSSR count). The average Bonchev–Trinajstić information content (AvgIpc) is 3.96. The molecular formula is C73H51N3. The number of para-hydroxylation sites is 2. The van der Waals surface area contributed by atoms with Crippen molar-refractivity contribution in [2.75, 3.05) is 9.80 Å². The van der Waals surface area contributed by atoms with Crippen molar-refractivity contribution in [1.29, 1.82) is 0 Å². The standard InChI is InChI=1S/C73H51N3/c1-73(2)66-45-55(54-34-40-69-65(44-54)64-39-33-51-18-12-14-26-63(51)72(64)76(69)68-27-15-20-50-17-11-13-25-62(50)68)35-41-70(66)75(60-36-30-49(31-37-60)53-29-28-48-16-9-10-19-52(48)42-53)71-47-57-43-61(38-32-56(57)46-67(71)73)74(58-21-5-3-6-22-58)59-23-7-4-8-24-59/h3-47H,1-2H3. The first kappa shape index (κ1) is 43.8. The summed E-state index contributed by atoms with van der Waals surface area (Å²) in [4.78, 5) is 4.86. The van der Waals surface area contributed by atoms with E-state index in [4.69, 9.17) is 0 Å². The van der Waals surface area contributed by atoms with Gasteiger partial charge in [0, 0.05) is 49.7 Å². The van der Waals surface area contributed by atoms with Crippen molar-refractivity contribution in [3.8, 4) is 27.9 Å². The number of anilines is 6. The number of hydrogen-bond donors (Lipinski definition) is 0. The largest absolute Gasteiger partial charge is 0.310 e. The molecular weight excluding hydrogens is 919 g/mol. The molecule has 358 valence electrons. The van der Waals surface area contributed by atoms with E-state index in [0.717, 1.165) is 22.7 Å². The molecule has 1 aromatic heterocycles. The van der Waals surface area contributed by atoms with Gasteiger partial charge in [-0.15, -0.1) is 0 Å². The number of hydrogen-bond acceptors (Lipinski definition) is 2. The summed E-state index contributed by atoms with van der Waals surface area (Å²) in [5, 5.41) is 12.3. The predicted molar refractivity (Wildman–Crippen MR) is 323 cm³/mol. The fraction of sp³-hybridized carbons (Fsp3) is 0.0411. The number of rotatable bonds is 7. The van der Waals surface area contributed by atoms with Crippen LogP contribution in [0.3, 0.4) is 0 Å². The normalized spacial score (nSPS) is 12.9. The fourth-order valence-corrected chi connectivity index (χ4v) is 12.4. The Morgan fingerprint density at radius 3 is 1.64 bits per heavy atom. The topological polar surface area (TPSA) is 11.4 Å². The SMILES string of the molecule is CC1(C)c2cc(-c3ccc4c(c3)c3ccc5ccccc5c3n4-c3cccc4ccccc34)ccc2N(c2ccc(-c3ccc4ccccc4c3)cc2)c2cc3cc(N(c4ccccc4)c4ccccc4)ccc3cc21. The van der Waals surface area contributed by atoms with Crippen LogP contribution in [0.2, 0.25) is 0 Å². The number of benzene rings is 13. The van der Waals surface area contributed by atoms with E-state index >= 15 is 0 Å². The van der Waals surface area contributed by atoms with Crippen LogP contribution in [0.15, 0.2) is 273 Å². The summed E-state index contributed by atoms with van der Waals surface area (Å²) in [6.07, 6.45) is 0. The van der Waals surface area contributed by atoms with E-state index in [1.807, 2.05) is 0 Å². The lowest BCUT2D eigenvalue weighted by Crippen LogP contribution is -2.30. The van der Waals surface area contributed by atoms with Gasteiger partial charge in [0.1, 0.15) is 0 Å². The molecule has 0 atom stereocenters. The minimum Gasteiger partial charge on any atom is -0.310 e. The molecule has 3 nitrogen and oxygen atoms in total. The Bertz CT molecular complexity index is 4560. The van der Waals surface area contributed by atoms with Gasteiger partial charge in [0.2, 0.25) is 0 Å². The molecule has 0 saturated heterocycles. The molecule has 2 heterocycles. The second kappa shape index (κ2) is 17.2. The molecule has 0 amide bonds. The molecule has 0 N–H and O–H groups in total. The second-order valence-electron chi connectivity index (χ2n) is 21.0. The molecule has 0 unspecified atom stereocenters. The van der Waals surface area contributed by atoms with Gasteiger partial charge in [0.25, 0.3) is 0 Å². The Morgan fingerprint density at radius 2 is 0.868 bits per heavy atom. The van der Waals surface area contributed by atoms with Crippen LogP contribution in [0.25, 0.3) is 92.8 Å². The highest BCUT2D eigenvalue weighted by Gasteiger charge is 2.38. The minimum atomic E-state index is -0.345. The van der Waals surface area contributed by atoms with Gasteiger partial charge in [-0.3, -0.25) is 0 Å². The zero-order chi connectivity index (χ0) is 50.5. The maximum Gasteiger partial charge on any atom is 0.0619 e. The Morgan fingerprint density at radius 1 is 0.303 bits per heavy atom. The molecule has 0 fully saturated rings. The third kappa shape index (κ3) is 6.97. The van der Waals surface area contributed by atoms with Gasteiger partial charge in [-0.05, 0) is 163 Å². The number of aromatic nitrogens is 1. The first-order valence-corrected chi connectivity index (χ1v) is 26.4. The van der Waals surface area contributed by atoms with E-state index in [2.05, 4.69) is 301 Å². The van der Waals surface area contributed by atoms with E-state index in [0.29, 0.717) is 0 Å². The van der Waals surface area contributed by atoms with Crippen LogP contribution in [0.1, 0.15) is 25.0 Å². The fourth-order valence-electron chi connectivity index (χ4n) is 12.4. The average molecular weight is 970 g/mol. The van der Waals surface area contributed by atoms with Crippen LogP contribution in [0.5, 0.6) is 0 Å². The molecule has 1 aliphatic heterocycles. The maximum atomic E-state index is 2.51. The molecule has 0 saturated carbocycles. The van der Waals surface area contributed by atoms with Gasteiger partial charge in [0.05, 0.1) is 28.1 Å². The highest BCUT2D eigenvalue weighted by Crippen LogP contribution is 2.54. The van der Waals surface area contributed by atoms with Gasteiger partial charge in [-0.1, -0.05) is 190 Å². The molecule has 3 heteroatoms. The summed E-state index contributed by atoms with van der Waals surface area (Å²) < 4.78 is 2.50. The van der Waals surface area contributed by atoms with E-state index in [9.17, 15) is 0 Å². The summed E-state index contributed by atoms with van der Waals surface area (Å²) >= 11 is 0. The molecule has 13 aromatic carbocycles. The quantitative estimate of drug-likeness (QED) is 0.158. The van der Waals surface area contributed by atoms with E-state index < -0.39 is 0 Å². The monoisotopic (exact) mass is 969 g/mol. The van der Waals surface area contributed by atoms with E-state index in [1.54, 1.807) is 0 Å². The van der Waals surface area contributed by atoms with E-state index in [1.165, 1.54) is 115 Å². The van der Waals surface area contributed by atoms with Crippen LogP contribution in [-0.2, 0) is 5.41 Å². The zero-order valence-corrected chi connectivity index (χ0v) is 42.3. The molecule has 14 aromatic rings. The van der Waals surface area contributed by atoms with Gasteiger partial charge >= 0.3 is 0 Å². The van der Waals surface area contributed by atoms with Crippen molar-refractivity contribution in [2.45, 2.75) is 19.3 Å². The van der Waals surface area contributed by atoms with Gasteiger partial charge in [0.15, 0.2) is 0 Å². The minimum absolute atomic E-state index is 0.345. The van der Waals surface area contributed by atoms with Crippen molar-refractivity contribution in [2.24, 2.45) is 0 Å². The Hall–Kier alpha value is -9.70. The predicted octanol–water partition coefficient (Wildman–Crippen LogP) is 20.3. The lowest BCUT2D eigenvalue weighted by atomic mass is 9.72. The highest BCUT2D eigenvalue weighted by molar-refractivity contribution is 6.20. The first-order chi connectivity index (χ1) is 37.4. The summed E-state index contributed by atoms with van der Waals surface area (Å²) in [6, 6.07) is 101. The van der Waals surface area contributed by atoms with Crippen molar-refractivity contribution in [3.63, 3.8) is 0 Å². The second-order valence-corrected chi connectivity index (χ2v) is 21.0. The molecule has 0 spiro atoms. The maximum absolute atomic E-state index is 2.51.